The van der Waals surface area contributed by atoms with E-state index in [9.17, 15) is 4.79 Å². The van der Waals surface area contributed by atoms with Crippen LogP contribution in [0.25, 0.3) is 16.9 Å². The Kier molecular flexibility index (Phi) is 6.86. The number of nitrogens with zero attached hydrogens (tertiary/aromatic N) is 4. The fourth-order valence-electron chi connectivity index (χ4n) is 4.56. The molecular formula is C27H29ClN6O. The Balaban J connectivity index is 1.27. The van der Waals surface area contributed by atoms with Gasteiger partial charge in [-0.05, 0) is 37.3 Å². The number of halogens is 1. The number of likely N-dealkylation sites (tertiary alicyclic amines) is 1. The zero-order valence-corrected chi connectivity index (χ0v) is 20.5. The Bertz CT molecular complexity index is 1320. The fraction of sp³-hybridized carbons (Fsp3) is 0.296. The van der Waals surface area contributed by atoms with E-state index in [1.165, 1.54) is 0 Å². The van der Waals surface area contributed by atoms with Gasteiger partial charge in [-0.15, -0.1) is 0 Å². The molecule has 1 atom stereocenters. The average Bonchev–Trinajstić information content (AvgIpc) is 3.27. The Morgan fingerprint density at radius 2 is 1.94 bits per heavy atom. The minimum Gasteiger partial charge on any atom is -0.370 e. The number of anilines is 1. The van der Waals surface area contributed by atoms with E-state index in [1.807, 2.05) is 83.2 Å². The van der Waals surface area contributed by atoms with Crippen molar-refractivity contribution in [2.75, 3.05) is 25.0 Å². The number of aromatic nitrogens is 3. The minimum absolute atomic E-state index is 0.00596. The van der Waals surface area contributed by atoms with Gasteiger partial charge in [0, 0.05) is 48.4 Å². The van der Waals surface area contributed by atoms with Crippen molar-refractivity contribution in [3.8, 4) is 11.3 Å². The Morgan fingerprint density at radius 3 is 2.77 bits per heavy atom. The largest absolute Gasteiger partial charge is 0.370 e. The molecule has 1 fully saturated rings. The normalized spacial score (nSPS) is 15.8. The van der Waals surface area contributed by atoms with Crippen LogP contribution in [0.15, 0.2) is 66.9 Å². The summed E-state index contributed by atoms with van der Waals surface area (Å²) in [5.74, 6) is 1.21. The lowest BCUT2D eigenvalue weighted by molar-refractivity contribution is 0.168. The molecule has 2 N–H and O–H groups in total. The molecule has 1 aliphatic heterocycles. The monoisotopic (exact) mass is 488 g/mol. The molecule has 0 aliphatic carbocycles. The molecule has 4 aromatic rings. The number of carbonyl (C=O) groups is 1. The van der Waals surface area contributed by atoms with Gasteiger partial charge >= 0.3 is 6.03 Å². The van der Waals surface area contributed by atoms with Gasteiger partial charge in [0.2, 0.25) is 0 Å². The fourth-order valence-corrected chi connectivity index (χ4v) is 4.79. The molecule has 8 heteroatoms. The number of aryl methyl sites for hydroxylation is 1. The summed E-state index contributed by atoms with van der Waals surface area (Å²) in [5.41, 5.74) is 4.59. The van der Waals surface area contributed by atoms with Crippen LogP contribution in [-0.4, -0.2) is 45.2 Å². The first-order chi connectivity index (χ1) is 17.1. The molecule has 2 aromatic carbocycles. The lowest BCUT2D eigenvalue weighted by Crippen LogP contribution is -2.46. The Hall–Kier alpha value is -3.58. The number of benzene rings is 2. The van der Waals surface area contributed by atoms with Gasteiger partial charge in [-0.3, -0.25) is 0 Å². The quantitative estimate of drug-likeness (QED) is 0.381. The van der Waals surface area contributed by atoms with Crippen LogP contribution in [-0.2, 0) is 6.54 Å². The second kappa shape index (κ2) is 10.4. The Labute approximate surface area is 210 Å². The van der Waals surface area contributed by atoms with Crippen LogP contribution in [0.2, 0.25) is 5.02 Å². The number of nitrogens with one attached hydrogen (secondary N) is 2. The summed E-state index contributed by atoms with van der Waals surface area (Å²) >= 11 is 6.46. The minimum atomic E-state index is -0.00596. The molecular weight excluding hydrogens is 460 g/mol. The highest BCUT2D eigenvalue weighted by Crippen LogP contribution is 2.29. The molecule has 35 heavy (non-hydrogen) atoms. The second-order valence-corrected chi connectivity index (χ2v) is 9.46. The molecule has 1 saturated heterocycles. The number of rotatable bonds is 6. The number of fused-ring (bicyclic) bond motifs is 1. The molecule has 2 aromatic heterocycles. The van der Waals surface area contributed by atoms with Crippen LogP contribution in [0.5, 0.6) is 0 Å². The Morgan fingerprint density at radius 1 is 1.14 bits per heavy atom. The zero-order chi connectivity index (χ0) is 24.2. The highest BCUT2D eigenvalue weighted by atomic mass is 35.5. The topological polar surface area (TPSA) is 74.6 Å². The first-order valence-electron chi connectivity index (χ1n) is 12.0. The third kappa shape index (κ3) is 5.25. The van der Waals surface area contributed by atoms with E-state index >= 15 is 0 Å². The summed E-state index contributed by atoms with van der Waals surface area (Å²) in [6.07, 6.45) is 3.88. The van der Waals surface area contributed by atoms with E-state index in [1.54, 1.807) is 0 Å². The van der Waals surface area contributed by atoms with Crippen molar-refractivity contribution >= 4 is 29.1 Å². The molecule has 1 aliphatic rings. The van der Waals surface area contributed by atoms with Crippen LogP contribution >= 0.6 is 11.6 Å². The van der Waals surface area contributed by atoms with Gasteiger partial charge in [0.1, 0.15) is 5.82 Å². The maximum Gasteiger partial charge on any atom is 0.317 e. The molecule has 0 spiro atoms. The molecule has 0 saturated carbocycles. The van der Waals surface area contributed by atoms with E-state index in [4.69, 9.17) is 16.6 Å². The van der Waals surface area contributed by atoms with Crippen molar-refractivity contribution in [3.63, 3.8) is 0 Å². The SMILES string of the molecule is Cc1cnn2c(NCC3CCCN(C(=O)NCc4ccccc4)C3)cc(-c3ccccc3Cl)nc12. The average molecular weight is 489 g/mol. The standard InChI is InChI=1S/C27H29ClN6O/c1-19-15-31-34-25(14-24(32-26(19)34)22-11-5-6-12-23(22)28)29-17-21-10-7-13-33(18-21)27(35)30-16-20-8-3-2-4-9-20/h2-6,8-9,11-12,14-15,21,29H,7,10,13,16-18H2,1H3,(H,30,35). The molecule has 3 heterocycles. The predicted octanol–water partition coefficient (Wildman–Crippen LogP) is 5.39. The van der Waals surface area contributed by atoms with E-state index in [-0.39, 0.29) is 6.03 Å². The molecule has 180 valence electrons. The summed E-state index contributed by atoms with van der Waals surface area (Å²) in [4.78, 5) is 19.5. The van der Waals surface area contributed by atoms with Crippen LogP contribution in [0.3, 0.4) is 0 Å². The van der Waals surface area contributed by atoms with Crippen molar-refractivity contribution in [1.29, 1.82) is 0 Å². The van der Waals surface area contributed by atoms with Crippen molar-refractivity contribution in [1.82, 2.24) is 24.8 Å². The maximum atomic E-state index is 12.8. The summed E-state index contributed by atoms with van der Waals surface area (Å²) in [7, 11) is 0. The van der Waals surface area contributed by atoms with E-state index in [0.717, 1.165) is 66.3 Å². The van der Waals surface area contributed by atoms with Crippen molar-refractivity contribution in [2.24, 2.45) is 5.92 Å². The molecule has 0 radical (unpaired) electrons. The van der Waals surface area contributed by atoms with Crippen LogP contribution < -0.4 is 10.6 Å². The third-order valence-electron chi connectivity index (χ3n) is 6.46. The van der Waals surface area contributed by atoms with Gasteiger partial charge < -0.3 is 15.5 Å². The van der Waals surface area contributed by atoms with Gasteiger partial charge in [0.25, 0.3) is 0 Å². The van der Waals surface area contributed by atoms with Crippen molar-refractivity contribution < 1.29 is 4.79 Å². The molecule has 2 amide bonds. The van der Waals surface area contributed by atoms with Gasteiger partial charge in [0.05, 0.1) is 11.9 Å². The first-order valence-corrected chi connectivity index (χ1v) is 12.4. The van der Waals surface area contributed by atoms with Crippen LogP contribution in [0, 0.1) is 12.8 Å². The maximum absolute atomic E-state index is 12.8. The van der Waals surface area contributed by atoms with Gasteiger partial charge in [0.15, 0.2) is 5.65 Å². The number of hydrogen-bond donors (Lipinski definition) is 2. The van der Waals surface area contributed by atoms with Gasteiger partial charge in [-0.1, -0.05) is 60.1 Å². The highest BCUT2D eigenvalue weighted by Gasteiger charge is 2.24. The summed E-state index contributed by atoms with van der Waals surface area (Å²) in [6.45, 7) is 4.78. The van der Waals surface area contributed by atoms with Gasteiger partial charge in [-0.25, -0.2) is 9.78 Å². The van der Waals surface area contributed by atoms with Crippen LogP contribution in [0.1, 0.15) is 24.0 Å². The summed E-state index contributed by atoms with van der Waals surface area (Å²) < 4.78 is 1.84. The lowest BCUT2D eigenvalue weighted by Gasteiger charge is -2.33. The van der Waals surface area contributed by atoms with E-state index in [0.29, 0.717) is 17.5 Å². The zero-order valence-electron chi connectivity index (χ0n) is 19.7. The summed E-state index contributed by atoms with van der Waals surface area (Å²) in [6, 6.07) is 19.7. The predicted molar refractivity (Wildman–Crippen MR) is 140 cm³/mol. The van der Waals surface area contributed by atoms with Crippen molar-refractivity contribution in [3.05, 3.63) is 83.0 Å². The molecule has 7 nitrogen and oxygen atoms in total. The van der Waals surface area contributed by atoms with E-state index < -0.39 is 0 Å². The van der Waals surface area contributed by atoms with Gasteiger partial charge in [-0.2, -0.15) is 9.61 Å². The number of hydrogen-bond acceptors (Lipinski definition) is 4. The molecule has 1 unspecified atom stereocenters. The number of piperidine rings is 1. The first kappa shape index (κ1) is 23.2. The highest BCUT2D eigenvalue weighted by molar-refractivity contribution is 6.33. The molecule has 0 bridgehead atoms. The van der Waals surface area contributed by atoms with E-state index in [2.05, 4.69) is 15.7 Å². The third-order valence-corrected chi connectivity index (χ3v) is 6.79. The van der Waals surface area contributed by atoms with Crippen molar-refractivity contribution in [2.45, 2.75) is 26.3 Å². The number of amides is 2. The number of carbonyl (C=O) groups excluding carboxylic acids is 1. The second-order valence-electron chi connectivity index (χ2n) is 9.05. The lowest BCUT2D eigenvalue weighted by atomic mass is 9.98. The molecule has 5 rings (SSSR count). The van der Waals surface area contributed by atoms with Crippen LogP contribution in [0.4, 0.5) is 10.6 Å². The smallest absolute Gasteiger partial charge is 0.317 e. The number of urea groups is 1. The summed E-state index contributed by atoms with van der Waals surface area (Å²) in [5, 5.41) is 11.8.